The lowest BCUT2D eigenvalue weighted by molar-refractivity contribution is -0.159. The number of Topliss-reactive ketones (excluding diaryl/α,β-unsaturated/α-hetero) is 1. The molecule has 0 bridgehead atoms. The normalized spacial score (nSPS) is 23.2. The zero-order chi connectivity index (χ0) is 27.6. The van der Waals surface area contributed by atoms with E-state index in [1.54, 1.807) is 27.7 Å². The molecule has 36 heavy (non-hydrogen) atoms. The summed E-state index contributed by atoms with van der Waals surface area (Å²) in [6.07, 6.45) is -3.65. The van der Waals surface area contributed by atoms with Crippen molar-refractivity contribution in [3.63, 3.8) is 0 Å². The lowest BCUT2D eigenvalue weighted by atomic mass is 9.99. The molecular weight excluding hydrogens is 497 g/mol. The number of amides is 1. The minimum absolute atomic E-state index is 0.0753. The molecule has 1 rings (SSSR count). The standard InChI is InChI=1S/C23H38NO11P/c1-8-32-36(30,33-9-2)13-15(4)20-21(34-19(29)11-10-18(27)28)22(31-7)23(35-20)24(17(6)26)12-14(3)16(5)25/h12,15,20-23H,8-11,13H2,1-7H3,(H,27,28)/b14-12-/t15-,20+,21+,22+,23+/m0/s1. The van der Waals surface area contributed by atoms with Crippen LogP contribution in [0.15, 0.2) is 11.8 Å². The van der Waals surface area contributed by atoms with Crippen LogP contribution >= 0.6 is 7.60 Å². The second-order valence-corrected chi connectivity index (χ2v) is 10.5. The van der Waals surface area contributed by atoms with Gasteiger partial charge in [-0.15, -0.1) is 0 Å². The van der Waals surface area contributed by atoms with Crippen LogP contribution in [0, 0.1) is 5.92 Å². The van der Waals surface area contributed by atoms with Gasteiger partial charge >= 0.3 is 19.5 Å². The number of rotatable bonds is 15. The van der Waals surface area contributed by atoms with Gasteiger partial charge in [0.2, 0.25) is 5.91 Å². The third-order valence-corrected chi connectivity index (χ3v) is 7.88. The Kier molecular flexibility index (Phi) is 12.9. The fraction of sp³-hybridized carbons (Fsp3) is 0.739. The van der Waals surface area contributed by atoms with E-state index in [9.17, 15) is 23.7 Å². The maximum atomic E-state index is 13.2. The Morgan fingerprint density at radius 2 is 1.64 bits per heavy atom. The number of ketones is 1. The highest BCUT2D eigenvalue weighted by atomic mass is 31.2. The molecule has 206 valence electrons. The van der Waals surface area contributed by atoms with Crippen molar-refractivity contribution in [3.05, 3.63) is 11.8 Å². The number of esters is 1. The average Bonchev–Trinajstić information content (AvgIpc) is 3.13. The van der Waals surface area contributed by atoms with E-state index in [-0.39, 0.29) is 37.2 Å². The van der Waals surface area contributed by atoms with Crippen LogP contribution in [0.1, 0.15) is 54.4 Å². The first-order chi connectivity index (χ1) is 16.8. The molecule has 1 N–H and O–H groups in total. The van der Waals surface area contributed by atoms with Gasteiger partial charge in [-0.2, -0.15) is 0 Å². The zero-order valence-corrected chi connectivity index (χ0v) is 22.8. The Bertz CT molecular complexity index is 864. The monoisotopic (exact) mass is 535 g/mol. The molecule has 13 heteroatoms. The van der Waals surface area contributed by atoms with Gasteiger partial charge in [0.05, 0.1) is 32.2 Å². The van der Waals surface area contributed by atoms with Crippen molar-refractivity contribution < 1.29 is 52.1 Å². The fourth-order valence-electron chi connectivity index (χ4n) is 3.79. The summed E-state index contributed by atoms with van der Waals surface area (Å²) in [6, 6.07) is 0. The number of aliphatic carboxylic acids is 1. The number of carboxylic acid groups (broad SMARTS) is 1. The van der Waals surface area contributed by atoms with Crippen LogP contribution in [0.25, 0.3) is 0 Å². The van der Waals surface area contributed by atoms with Gasteiger partial charge < -0.3 is 28.4 Å². The molecule has 1 amide bonds. The van der Waals surface area contributed by atoms with Crippen LogP contribution in [0.4, 0.5) is 0 Å². The van der Waals surface area contributed by atoms with E-state index < -0.39 is 62.3 Å². The van der Waals surface area contributed by atoms with Gasteiger partial charge in [0.1, 0.15) is 12.2 Å². The van der Waals surface area contributed by atoms with Gasteiger partial charge in [0, 0.05) is 25.8 Å². The van der Waals surface area contributed by atoms with Gasteiger partial charge in [-0.3, -0.25) is 28.6 Å². The molecule has 0 aromatic heterocycles. The Morgan fingerprint density at radius 1 is 1.06 bits per heavy atom. The first-order valence-electron chi connectivity index (χ1n) is 11.8. The number of hydrogen-bond acceptors (Lipinski definition) is 10. The van der Waals surface area contributed by atoms with Gasteiger partial charge in [-0.1, -0.05) is 6.92 Å². The Hall–Kier alpha value is -2.11. The third-order valence-electron chi connectivity index (χ3n) is 5.56. The van der Waals surface area contributed by atoms with Crippen molar-refractivity contribution in [1.29, 1.82) is 0 Å². The maximum absolute atomic E-state index is 13.2. The van der Waals surface area contributed by atoms with Crippen molar-refractivity contribution in [1.82, 2.24) is 4.90 Å². The summed E-state index contributed by atoms with van der Waals surface area (Å²) >= 11 is 0. The molecule has 1 saturated heterocycles. The number of carbonyl (C=O) groups is 4. The molecule has 0 aliphatic carbocycles. The van der Waals surface area contributed by atoms with E-state index in [0.717, 1.165) is 0 Å². The molecule has 0 spiro atoms. The Balaban J connectivity index is 3.40. The Labute approximate surface area is 211 Å². The van der Waals surface area contributed by atoms with Crippen LogP contribution < -0.4 is 0 Å². The molecule has 0 radical (unpaired) electrons. The topological polar surface area (TPSA) is 155 Å². The van der Waals surface area contributed by atoms with E-state index in [0.29, 0.717) is 0 Å². The van der Waals surface area contributed by atoms with Crippen LogP contribution in [0.2, 0.25) is 0 Å². The summed E-state index contributed by atoms with van der Waals surface area (Å²) in [4.78, 5) is 48.8. The molecule has 0 aromatic rings. The summed E-state index contributed by atoms with van der Waals surface area (Å²) in [5.74, 6) is -3.25. The molecule has 1 heterocycles. The highest BCUT2D eigenvalue weighted by Gasteiger charge is 2.53. The average molecular weight is 536 g/mol. The van der Waals surface area contributed by atoms with Crippen molar-refractivity contribution in [2.45, 2.75) is 78.9 Å². The lowest BCUT2D eigenvalue weighted by Gasteiger charge is -2.29. The molecule has 1 aliphatic heterocycles. The van der Waals surface area contributed by atoms with Crippen molar-refractivity contribution in [2.75, 3.05) is 26.5 Å². The van der Waals surface area contributed by atoms with Crippen molar-refractivity contribution >= 4 is 31.2 Å². The van der Waals surface area contributed by atoms with Crippen molar-refractivity contribution in [2.24, 2.45) is 5.92 Å². The SMILES string of the molecule is CCOP(=O)(C[C@H](C)[C@H]1O[C@@H](N(/C=C(/C)C(C)=O)C(C)=O)[C@H](OC)[C@@H]1OC(=O)CCC(=O)O)OCC. The summed E-state index contributed by atoms with van der Waals surface area (Å²) in [7, 11) is -2.17. The first-order valence-corrected chi connectivity index (χ1v) is 13.5. The van der Waals surface area contributed by atoms with E-state index in [1.165, 1.54) is 32.1 Å². The quantitative estimate of drug-likeness (QED) is 0.187. The van der Waals surface area contributed by atoms with Gasteiger partial charge in [0.25, 0.3) is 0 Å². The maximum Gasteiger partial charge on any atom is 0.331 e. The minimum Gasteiger partial charge on any atom is -0.481 e. The highest BCUT2D eigenvalue weighted by molar-refractivity contribution is 7.53. The van der Waals surface area contributed by atoms with Gasteiger partial charge in [-0.05, 0) is 33.6 Å². The number of allylic oxidation sites excluding steroid dienone is 1. The van der Waals surface area contributed by atoms with Crippen molar-refractivity contribution in [3.8, 4) is 0 Å². The van der Waals surface area contributed by atoms with E-state index in [4.69, 9.17) is 28.4 Å². The number of carbonyl (C=O) groups excluding carboxylic acids is 3. The predicted octanol–water partition coefficient (Wildman–Crippen LogP) is 2.75. The lowest BCUT2D eigenvalue weighted by Crippen LogP contribution is -2.46. The molecule has 0 aromatic carbocycles. The number of carboxylic acids is 1. The molecular formula is C23H38NO11P. The second-order valence-electron chi connectivity index (χ2n) is 8.44. The minimum atomic E-state index is -3.52. The highest BCUT2D eigenvalue weighted by Crippen LogP contribution is 2.51. The van der Waals surface area contributed by atoms with Crippen LogP contribution in [0.3, 0.4) is 0 Å². The summed E-state index contributed by atoms with van der Waals surface area (Å²) in [5.41, 5.74) is 0.285. The Morgan fingerprint density at radius 3 is 2.08 bits per heavy atom. The van der Waals surface area contributed by atoms with E-state index >= 15 is 0 Å². The molecule has 5 atom stereocenters. The van der Waals surface area contributed by atoms with Gasteiger partial charge in [0.15, 0.2) is 18.1 Å². The smallest absolute Gasteiger partial charge is 0.331 e. The van der Waals surface area contributed by atoms with Crippen LogP contribution in [-0.2, 0) is 47.0 Å². The number of nitrogens with zero attached hydrogens (tertiary/aromatic N) is 1. The number of ether oxygens (including phenoxy) is 3. The van der Waals surface area contributed by atoms with E-state index in [2.05, 4.69) is 0 Å². The zero-order valence-electron chi connectivity index (χ0n) is 21.9. The second kappa shape index (κ2) is 14.6. The fourth-order valence-corrected chi connectivity index (χ4v) is 5.77. The number of hydrogen-bond donors (Lipinski definition) is 1. The molecule has 1 fully saturated rings. The predicted molar refractivity (Wildman–Crippen MR) is 128 cm³/mol. The summed E-state index contributed by atoms with van der Waals surface area (Å²) in [6.45, 7) is 9.55. The third kappa shape index (κ3) is 9.08. The molecule has 1 aliphatic rings. The number of methoxy groups -OCH3 is 1. The van der Waals surface area contributed by atoms with Crippen LogP contribution in [0.5, 0.6) is 0 Å². The van der Waals surface area contributed by atoms with E-state index in [1.807, 2.05) is 0 Å². The summed E-state index contributed by atoms with van der Waals surface area (Å²) < 4.78 is 41.3. The molecule has 0 saturated carbocycles. The first kappa shape index (κ1) is 31.9. The van der Waals surface area contributed by atoms with Gasteiger partial charge in [-0.25, -0.2) is 0 Å². The summed E-state index contributed by atoms with van der Waals surface area (Å²) in [5, 5.41) is 8.90. The molecule has 12 nitrogen and oxygen atoms in total. The largest absolute Gasteiger partial charge is 0.481 e. The van der Waals surface area contributed by atoms with Crippen LogP contribution in [-0.4, -0.2) is 84.7 Å². The molecule has 0 unspecified atom stereocenters.